The summed E-state index contributed by atoms with van der Waals surface area (Å²) in [5.74, 6) is 1.09. The van der Waals surface area contributed by atoms with Crippen LogP contribution in [0.5, 0.6) is 0 Å². The summed E-state index contributed by atoms with van der Waals surface area (Å²) in [5, 5.41) is 12.7. The number of hydrogen-bond acceptors (Lipinski definition) is 3. The van der Waals surface area contributed by atoms with E-state index in [2.05, 4.69) is 5.32 Å². The first kappa shape index (κ1) is 16.7. The second-order valence-corrected chi connectivity index (χ2v) is 7.70. The molecule has 0 aromatic heterocycles. The third-order valence-corrected chi connectivity index (χ3v) is 5.87. The SMILES string of the molecule is O=C(CC1CCCC1)NC1CCC(C(=O)N2CC[C@H](O)C2)CC1. The maximum Gasteiger partial charge on any atom is 0.225 e. The molecule has 130 valence electrons. The smallest absolute Gasteiger partial charge is 0.225 e. The number of amides is 2. The van der Waals surface area contributed by atoms with Gasteiger partial charge in [-0.1, -0.05) is 12.8 Å². The van der Waals surface area contributed by atoms with Crippen molar-refractivity contribution < 1.29 is 14.7 Å². The third-order valence-electron chi connectivity index (χ3n) is 5.87. The molecule has 1 atom stereocenters. The minimum atomic E-state index is -0.342. The lowest BCUT2D eigenvalue weighted by atomic mass is 9.85. The van der Waals surface area contributed by atoms with Gasteiger partial charge in [-0.25, -0.2) is 0 Å². The van der Waals surface area contributed by atoms with Crippen LogP contribution in [0.15, 0.2) is 0 Å². The number of aliphatic hydroxyl groups excluding tert-OH is 1. The van der Waals surface area contributed by atoms with E-state index in [0.717, 1.165) is 25.7 Å². The van der Waals surface area contributed by atoms with E-state index in [0.29, 0.717) is 31.8 Å². The molecule has 1 aliphatic heterocycles. The number of hydrogen-bond donors (Lipinski definition) is 2. The van der Waals surface area contributed by atoms with Crippen molar-refractivity contribution in [2.45, 2.75) is 76.4 Å². The molecular formula is C18H30N2O3. The summed E-state index contributed by atoms with van der Waals surface area (Å²) in [5.41, 5.74) is 0. The van der Waals surface area contributed by atoms with Crippen LogP contribution < -0.4 is 5.32 Å². The van der Waals surface area contributed by atoms with Gasteiger partial charge in [0.2, 0.25) is 11.8 Å². The van der Waals surface area contributed by atoms with Gasteiger partial charge in [0.25, 0.3) is 0 Å². The molecule has 0 aromatic carbocycles. The van der Waals surface area contributed by atoms with Crippen LogP contribution in [0.3, 0.4) is 0 Å². The number of rotatable bonds is 4. The van der Waals surface area contributed by atoms with E-state index < -0.39 is 0 Å². The fourth-order valence-electron chi connectivity index (χ4n) is 4.45. The molecule has 5 heteroatoms. The Bertz CT molecular complexity index is 426. The fourth-order valence-corrected chi connectivity index (χ4v) is 4.45. The molecule has 5 nitrogen and oxygen atoms in total. The highest BCUT2D eigenvalue weighted by molar-refractivity contribution is 5.79. The van der Waals surface area contributed by atoms with Gasteiger partial charge in [0.1, 0.15) is 0 Å². The van der Waals surface area contributed by atoms with Crippen molar-refractivity contribution in [1.82, 2.24) is 10.2 Å². The van der Waals surface area contributed by atoms with Gasteiger partial charge in [0.15, 0.2) is 0 Å². The molecule has 3 fully saturated rings. The van der Waals surface area contributed by atoms with Crippen molar-refractivity contribution in [2.75, 3.05) is 13.1 Å². The Hall–Kier alpha value is -1.10. The van der Waals surface area contributed by atoms with Gasteiger partial charge in [0.05, 0.1) is 6.10 Å². The molecule has 0 spiro atoms. The highest BCUT2D eigenvalue weighted by Crippen LogP contribution is 2.29. The van der Waals surface area contributed by atoms with Crippen molar-refractivity contribution in [3.05, 3.63) is 0 Å². The van der Waals surface area contributed by atoms with Crippen LogP contribution in [-0.4, -0.2) is 47.1 Å². The van der Waals surface area contributed by atoms with Gasteiger partial charge in [-0.15, -0.1) is 0 Å². The molecule has 0 unspecified atom stereocenters. The Morgan fingerprint density at radius 3 is 2.30 bits per heavy atom. The van der Waals surface area contributed by atoms with Crippen molar-refractivity contribution >= 4 is 11.8 Å². The van der Waals surface area contributed by atoms with Crippen molar-refractivity contribution in [2.24, 2.45) is 11.8 Å². The largest absolute Gasteiger partial charge is 0.391 e. The summed E-state index contributed by atoms with van der Waals surface area (Å²) in [6, 6.07) is 0.247. The minimum absolute atomic E-state index is 0.0864. The molecule has 3 aliphatic rings. The lowest BCUT2D eigenvalue weighted by molar-refractivity contribution is -0.136. The molecule has 1 saturated heterocycles. The number of likely N-dealkylation sites (tertiary alicyclic amines) is 1. The van der Waals surface area contributed by atoms with Crippen molar-refractivity contribution in [1.29, 1.82) is 0 Å². The number of carbonyl (C=O) groups is 2. The number of nitrogens with zero attached hydrogens (tertiary/aromatic N) is 1. The van der Waals surface area contributed by atoms with Crippen molar-refractivity contribution in [3.8, 4) is 0 Å². The molecule has 3 rings (SSSR count). The molecular weight excluding hydrogens is 292 g/mol. The van der Waals surface area contributed by atoms with Gasteiger partial charge in [-0.2, -0.15) is 0 Å². The van der Waals surface area contributed by atoms with Gasteiger partial charge in [0, 0.05) is 31.5 Å². The number of β-amino-alcohol motifs (C(OH)–C–C–N with tert-alkyl or cyclic N) is 1. The molecule has 2 N–H and O–H groups in total. The first-order valence-corrected chi connectivity index (χ1v) is 9.38. The number of aliphatic hydroxyl groups is 1. The predicted molar refractivity (Wildman–Crippen MR) is 87.7 cm³/mol. The Morgan fingerprint density at radius 2 is 1.70 bits per heavy atom. The average Bonchev–Trinajstić information content (AvgIpc) is 3.19. The fraction of sp³-hybridized carbons (Fsp3) is 0.889. The van der Waals surface area contributed by atoms with Gasteiger partial charge < -0.3 is 15.3 Å². The molecule has 0 radical (unpaired) electrons. The van der Waals surface area contributed by atoms with Gasteiger partial charge in [-0.05, 0) is 50.9 Å². The second kappa shape index (κ2) is 7.65. The van der Waals surface area contributed by atoms with Crippen LogP contribution in [0, 0.1) is 11.8 Å². The van der Waals surface area contributed by atoms with E-state index in [1.54, 1.807) is 0 Å². The maximum atomic E-state index is 12.4. The van der Waals surface area contributed by atoms with E-state index in [-0.39, 0.29) is 29.9 Å². The summed E-state index contributed by atoms with van der Waals surface area (Å²) < 4.78 is 0. The van der Waals surface area contributed by atoms with Crippen LogP contribution in [0.25, 0.3) is 0 Å². The van der Waals surface area contributed by atoms with Gasteiger partial charge in [-0.3, -0.25) is 9.59 Å². The number of nitrogens with one attached hydrogen (secondary N) is 1. The molecule has 23 heavy (non-hydrogen) atoms. The molecule has 0 aromatic rings. The zero-order valence-electron chi connectivity index (χ0n) is 14.0. The van der Waals surface area contributed by atoms with Gasteiger partial charge >= 0.3 is 0 Å². The number of carbonyl (C=O) groups excluding carboxylic acids is 2. The predicted octanol–water partition coefficient (Wildman–Crippen LogP) is 1.83. The quantitative estimate of drug-likeness (QED) is 0.830. The van der Waals surface area contributed by atoms with E-state index in [1.165, 1.54) is 25.7 Å². The summed E-state index contributed by atoms with van der Waals surface area (Å²) in [7, 11) is 0. The lowest BCUT2D eigenvalue weighted by Crippen LogP contribution is -2.42. The van der Waals surface area contributed by atoms with Crippen LogP contribution in [0.4, 0.5) is 0 Å². The average molecular weight is 322 g/mol. The van der Waals surface area contributed by atoms with Crippen LogP contribution in [0.1, 0.15) is 64.2 Å². The lowest BCUT2D eigenvalue weighted by Gasteiger charge is -2.31. The zero-order chi connectivity index (χ0) is 16.2. The summed E-state index contributed by atoms with van der Waals surface area (Å²) in [6.07, 6.45) is 9.54. The van der Waals surface area contributed by atoms with E-state index >= 15 is 0 Å². The Balaban J connectivity index is 1.38. The maximum absolute atomic E-state index is 12.4. The minimum Gasteiger partial charge on any atom is -0.391 e. The van der Waals surface area contributed by atoms with E-state index in [1.807, 2.05) is 4.90 Å². The Labute approximate surface area is 138 Å². The highest BCUT2D eigenvalue weighted by Gasteiger charge is 2.33. The second-order valence-electron chi connectivity index (χ2n) is 7.70. The standard InChI is InChI=1S/C18H30N2O3/c21-16-9-10-20(12-16)18(23)14-5-7-15(8-6-14)19-17(22)11-13-3-1-2-4-13/h13-16,21H,1-12H2,(H,19,22)/t14?,15?,16-/m0/s1. The molecule has 1 heterocycles. The topological polar surface area (TPSA) is 69.6 Å². The van der Waals surface area contributed by atoms with Crippen molar-refractivity contribution in [3.63, 3.8) is 0 Å². The summed E-state index contributed by atoms with van der Waals surface area (Å²) >= 11 is 0. The molecule has 2 amide bonds. The van der Waals surface area contributed by atoms with Crippen LogP contribution >= 0.6 is 0 Å². The monoisotopic (exact) mass is 322 g/mol. The van der Waals surface area contributed by atoms with Crippen LogP contribution in [-0.2, 0) is 9.59 Å². The summed E-state index contributed by atoms with van der Waals surface area (Å²) in [6.45, 7) is 1.19. The van der Waals surface area contributed by atoms with Crippen LogP contribution in [0.2, 0.25) is 0 Å². The Morgan fingerprint density at radius 1 is 1.00 bits per heavy atom. The third kappa shape index (κ3) is 4.46. The first-order chi connectivity index (χ1) is 11.1. The zero-order valence-corrected chi connectivity index (χ0v) is 14.0. The molecule has 0 bridgehead atoms. The first-order valence-electron chi connectivity index (χ1n) is 9.38. The highest BCUT2D eigenvalue weighted by atomic mass is 16.3. The normalized spacial score (nSPS) is 32.2. The summed E-state index contributed by atoms with van der Waals surface area (Å²) in [4.78, 5) is 26.4. The Kier molecular flexibility index (Phi) is 5.57. The van der Waals surface area contributed by atoms with E-state index in [9.17, 15) is 14.7 Å². The van der Waals surface area contributed by atoms with E-state index in [4.69, 9.17) is 0 Å². The molecule has 2 saturated carbocycles. The molecule has 2 aliphatic carbocycles.